The molecule has 0 aliphatic heterocycles. The molecule has 214 valence electrons. The van der Waals surface area contributed by atoms with Gasteiger partial charge in [0.2, 0.25) is 0 Å². The summed E-state index contributed by atoms with van der Waals surface area (Å²) in [6.07, 6.45) is 0. The molecule has 0 amide bonds. The first-order chi connectivity index (χ1) is 22.8. The molecule has 0 bridgehead atoms. The molecule has 0 aromatic heterocycles. The van der Waals surface area contributed by atoms with Crippen molar-refractivity contribution in [2.45, 2.75) is 0 Å². The van der Waals surface area contributed by atoms with Crippen molar-refractivity contribution in [3.05, 3.63) is 182 Å². The highest BCUT2D eigenvalue weighted by Crippen LogP contribution is 2.48. The van der Waals surface area contributed by atoms with Crippen molar-refractivity contribution in [1.82, 2.24) is 0 Å². The van der Waals surface area contributed by atoms with Crippen LogP contribution in [0.2, 0.25) is 0 Å². The van der Waals surface area contributed by atoms with Crippen LogP contribution in [-0.4, -0.2) is 0 Å². The zero-order valence-electron chi connectivity index (χ0n) is 25.3. The lowest BCUT2D eigenvalue weighted by atomic mass is 9.82. The average Bonchev–Trinajstić information content (AvgIpc) is 3.13. The summed E-state index contributed by atoms with van der Waals surface area (Å²) >= 11 is 0. The zero-order valence-corrected chi connectivity index (χ0v) is 25.3. The summed E-state index contributed by atoms with van der Waals surface area (Å²) in [5.41, 5.74) is 10.0. The minimum absolute atomic E-state index is 1.22. The van der Waals surface area contributed by atoms with Crippen LogP contribution in [0.5, 0.6) is 0 Å². The Bertz CT molecular complexity index is 2560. The van der Waals surface area contributed by atoms with Gasteiger partial charge in [-0.25, -0.2) is 0 Å². The molecule has 9 aromatic carbocycles. The molecule has 0 saturated heterocycles. The third-order valence-corrected chi connectivity index (χ3v) is 9.46. The smallest absolute Gasteiger partial charge is 0.00199 e. The summed E-state index contributed by atoms with van der Waals surface area (Å²) in [5.74, 6) is 0. The second-order valence-corrected chi connectivity index (χ2v) is 12.0. The monoisotopic (exact) mass is 582 g/mol. The maximum Gasteiger partial charge on any atom is -0.00199 e. The minimum atomic E-state index is 1.22. The van der Waals surface area contributed by atoms with Crippen molar-refractivity contribution in [2.75, 3.05) is 0 Å². The number of hydrogen-bond donors (Lipinski definition) is 0. The van der Waals surface area contributed by atoms with Crippen LogP contribution in [0, 0.1) is 0 Å². The van der Waals surface area contributed by atoms with Crippen LogP contribution in [0.1, 0.15) is 0 Å². The van der Waals surface area contributed by atoms with Gasteiger partial charge >= 0.3 is 0 Å². The van der Waals surface area contributed by atoms with E-state index in [2.05, 4.69) is 182 Å². The van der Waals surface area contributed by atoms with Gasteiger partial charge in [-0.3, -0.25) is 0 Å². The molecule has 0 atom stereocenters. The van der Waals surface area contributed by atoms with Crippen LogP contribution in [0.25, 0.3) is 87.6 Å². The highest BCUT2D eigenvalue weighted by molar-refractivity contribution is 6.25. The molecule has 0 heteroatoms. The largest absolute Gasteiger partial charge is 0.0622 e. The predicted octanol–water partition coefficient (Wildman–Crippen LogP) is 13.0. The van der Waals surface area contributed by atoms with E-state index in [1.165, 1.54) is 87.6 Å². The van der Waals surface area contributed by atoms with E-state index in [4.69, 9.17) is 0 Å². The van der Waals surface area contributed by atoms with Gasteiger partial charge in [0.05, 0.1) is 0 Å². The van der Waals surface area contributed by atoms with Crippen molar-refractivity contribution in [3.63, 3.8) is 0 Å². The fourth-order valence-corrected chi connectivity index (χ4v) is 7.42. The second kappa shape index (κ2) is 10.9. The number of fused-ring (bicyclic) bond motifs is 4. The third kappa shape index (κ3) is 4.23. The Morgan fingerprint density at radius 1 is 0.217 bits per heavy atom. The molecule has 9 aromatic rings. The van der Waals surface area contributed by atoms with Gasteiger partial charge in [0.1, 0.15) is 0 Å². The predicted molar refractivity (Wildman–Crippen MR) is 198 cm³/mol. The normalized spacial score (nSPS) is 11.5. The van der Waals surface area contributed by atoms with Crippen molar-refractivity contribution >= 4 is 43.1 Å². The summed E-state index contributed by atoms with van der Waals surface area (Å²) in [5, 5.41) is 10.1. The van der Waals surface area contributed by atoms with E-state index in [-0.39, 0.29) is 0 Å². The SMILES string of the molecule is c1ccc(-c2ccccc2-c2c3ccccc3c(-c3cccc4ccccc34)c3cc(-c4cccc5ccccc45)ccc23)cc1. The Hall–Kier alpha value is -5.98. The quantitative estimate of drug-likeness (QED) is 0.181. The van der Waals surface area contributed by atoms with Crippen LogP contribution in [0.15, 0.2) is 182 Å². The van der Waals surface area contributed by atoms with Crippen LogP contribution >= 0.6 is 0 Å². The molecule has 0 unspecified atom stereocenters. The summed E-state index contributed by atoms with van der Waals surface area (Å²) < 4.78 is 0. The van der Waals surface area contributed by atoms with E-state index in [1.54, 1.807) is 0 Å². The molecule has 0 fully saturated rings. The first-order valence-electron chi connectivity index (χ1n) is 15.9. The van der Waals surface area contributed by atoms with E-state index in [0.717, 1.165) is 0 Å². The Labute approximate surface area is 268 Å². The van der Waals surface area contributed by atoms with Gasteiger partial charge in [0.25, 0.3) is 0 Å². The van der Waals surface area contributed by atoms with Crippen molar-refractivity contribution in [3.8, 4) is 44.5 Å². The van der Waals surface area contributed by atoms with Gasteiger partial charge in [-0.05, 0) is 93.7 Å². The summed E-state index contributed by atoms with van der Waals surface area (Å²) in [7, 11) is 0. The molecule has 9 rings (SSSR count). The molecule has 0 saturated carbocycles. The lowest BCUT2D eigenvalue weighted by Gasteiger charge is -2.21. The van der Waals surface area contributed by atoms with Crippen LogP contribution in [0.4, 0.5) is 0 Å². The zero-order chi connectivity index (χ0) is 30.5. The molecule has 0 spiro atoms. The molecule has 0 N–H and O–H groups in total. The maximum absolute atomic E-state index is 2.44. The van der Waals surface area contributed by atoms with E-state index < -0.39 is 0 Å². The molecule has 0 aliphatic rings. The van der Waals surface area contributed by atoms with Crippen LogP contribution in [-0.2, 0) is 0 Å². The van der Waals surface area contributed by atoms with E-state index in [0.29, 0.717) is 0 Å². The first kappa shape index (κ1) is 26.4. The lowest BCUT2D eigenvalue weighted by molar-refractivity contribution is 1.60. The van der Waals surface area contributed by atoms with Gasteiger partial charge in [0.15, 0.2) is 0 Å². The maximum atomic E-state index is 2.44. The number of rotatable bonds is 4. The van der Waals surface area contributed by atoms with Crippen molar-refractivity contribution in [2.24, 2.45) is 0 Å². The average molecular weight is 583 g/mol. The van der Waals surface area contributed by atoms with Gasteiger partial charge in [-0.1, -0.05) is 176 Å². The topological polar surface area (TPSA) is 0 Å². The van der Waals surface area contributed by atoms with E-state index in [1.807, 2.05) is 0 Å². The lowest BCUT2D eigenvalue weighted by Crippen LogP contribution is -1.94. The van der Waals surface area contributed by atoms with Gasteiger partial charge in [-0.15, -0.1) is 0 Å². The van der Waals surface area contributed by atoms with Crippen molar-refractivity contribution < 1.29 is 0 Å². The standard InChI is InChI=1S/C46H30/c1-2-14-31(15-3-1)36-22-8-9-23-39(36)45-41-24-10-11-25-42(41)46(40-27-13-19-33-17-5-7-21-37(33)40)44-30-34(28-29-43(44)45)38-26-12-18-32-16-4-6-20-35(32)38/h1-30H. The Balaban J connectivity index is 1.45. The van der Waals surface area contributed by atoms with E-state index in [9.17, 15) is 0 Å². The van der Waals surface area contributed by atoms with Gasteiger partial charge < -0.3 is 0 Å². The van der Waals surface area contributed by atoms with Crippen LogP contribution in [0.3, 0.4) is 0 Å². The van der Waals surface area contributed by atoms with Gasteiger partial charge in [-0.2, -0.15) is 0 Å². The highest BCUT2D eigenvalue weighted by atomic mass is 14.2. The van der Waals surface area contributed by atoms with Gasteiger partial charge in [0, 0.05) is 0 Å². The van der Waals surface area contributed by atoms with E-state index >= 15 is 0 Å². The number of benzene rings is 9. The summed E-state index contributed by atoms with van der Waals surface area (Å²) in [6, 6.07) is 66.6. The van der Waals surface area contributed by atoms with Crippen molar-refractivity contribution in [1.29, 1.82) is 0 Å². The Kier molecular flexibility index (Phi) is 6.25. The fourth-order valence-electron chi connectivity index (χ4n) is 7.42. The molecule has 0 heterocycles. The van der Waals surface area contributed by atoms with Crippen LogP contribution < -0.4 is 0 Å². The molecule has 46 heavy (non-hydrogen) atoms. The minimum Gasteiger partial charge on any atom is -0.0622 e. The third-order valence-electron chi connectivity index (χ3n) is 9.46. The molecular weight excluding hydrogens is 553 g/mol. The summed E-state index contributed by atoms with van der Waals surface area (Å²) in [6.45, 7) is 0. The Morgan fingerprint density at radius 3 is 1.37 bits per heavy atom. The second-order valence-electron chi connectivity index (χ2n) is 12.0. The Morgan fingerprint density at radius 2 is 0.674 bits per heavy atom. The molecule has 0 nitrogen and oxygen atoms in total. The number of hydrogen-bond acceptors (Lipinski definition) is 0. The molecular formula is C46H30. The molecule has 0 aliphatic carbocycles. The fraction of sp³-hybridized carbons (Fsp3) is 0. The molecule has 0 radical (unpaired) electrons. The highest BCUT2D eigenvalue weighted by Gasteiger charge is 2.20. The first-order valence-corrected chi connectivity index (χ1v) is 15.9. The summed E-state index contributed by atoms with van der Waals surface area (Å²) in [4.78, 5) is 0.